The summed E-state index contributed by atoms with van der Waals surface area (Å²) in [6.45, 7) is 1.16. The number of carbonyl (C=O) groups is 2. The molecule has 0 radical (unpaired) electrons. The molecule has 0 atom stereocenters. The molecule has 0 aromatic heterocycles. The summed E-state index contributed by atoms with van der Waals surface area (Å²) in [5.41, 5.74) is 2.82. The minimum absolute atomic E-state index is 0.0592. The van der Waals surface area contributed by atoms with Crippen molar-refractivity contribution in [2.45, 2.75) is 6.92 Å². The molecule has 2 rings (SSSR count). The van der Waals surface area contributed by atoms with Gasteiger partial charge in [0.15, 0.2) is 0 Å². The Labute approximate surface area is 142 Å². The number of hydrogen-bond donors (Lipinski definition) is 4. The number of aromatic hydroxyl groups is 2. The van der Waals surface area contributed by atoms with Gasteiger partial charge in [0.25, 0.3) is 11.8 Å². The van der Waals surface area contributed by atoms with Gasteiger partial charge in [-0.3, -0.25) is 9.59 Å². The highest BCUT2D eigenvalue weighted by atomic mass is 19.1. The van der Waals surface area contributed by atoms with E-state index >= 15 is 0 Å². The van der Waals surface area contributed by atoms with Crippen molar-refractivity contribution < 1.29 is 24.2 Å². The number of halogens is 1. The molecule has 0 saturated carbocycles. The van der Waals surface area contributed by atoms with Crippen molar-refractivity contribution in [3.63, 3.8) is 0 Å². The van der Waals surface area contributed by atoms with E-state index in [1.54, 1.807) is 0 Å². The highest BCUT2D eigenvalue weighted by molar-refractivity contribution is 6.02. The van der Waals surface area contributed by atoms with Gasteiger partial charge in [0.2, 0.25) is 0 Å². The van der Waals surface area contributed by atoms with E-state index in [2.05, 4.69) is 15.8 Å². The second-order valence-electron chi connectivity index (χ2n) is 5.13. The van der Waals surface area contributed by atoms with Gasteiger partial charge in [0.1, 0.15) is 17.3 Å². The van der Waals surface area contributed by atoms with Crippen molar-refractivity contribution in [2.75, 3.05) is 6.54 Å². The lowest BCUT2D eigenvalue weighted by molar-refractivity contribution is -0.120. The number of carbonyl (C=O) groups excluding carboxylic acids is 2. The van der Waals surface area contributed by atoms with E-state index in [1.807, 2.05) is 0 Å². The van der Waals surface area contributed by atoms with E-state index in [-0.39, 0.29) is 34.9 Å². The van der Waals surface area contributed by atoms with Crippen molar-refractivity contribution >= 4 is 17.5 Å². The van der Waals surface area contributed by atoms with E-state index < -0.39 is 17.6 Å². The number of nitrogens with one attached hydrogen (secondary N) is 2. The van der Waals surface area contributed by atoms with E-state index in [0.717, 1.165) is 6.07 Å². The normalized spacial score (nSPS) is 11.0. The third kappa shape index (κ3) is 5.03. The van der Waals surface area contributed by atoms with Crippen LogP contribution in [0.3, 0.4) is 0 Å². The molecule has 7 nitrogen and oxygen atoms in total. The van der Waals surface area contributed by atoms with Gasteiger partial charge in [0.05, 0.1) is 12.3 Å². The molecular weight excluding hydrogens is 329 g/mol. The zero-order valence-corrected chi connectivity index (χ0v) is 13.3. The molecule has 0 heterocycles. The van der Waals surface area contributed by atoms with E-state index in [9.17, 15) is 24.2 Å². The maximum absolute atomic E-state index is 13.0. The largest absolute Gasteiger partial charge is 0.508 e. The Balaban J connectivity index is 1.92. The van der Waals surface area contributed by atoms with Crippen LogP contribution in [0.4, 0.5) is 4.39 Å². The number of amides is 2. The zero-order chi connectivity index (χ0) is 18.4. The predicted molar refractivity (Wildman–Crippen MR) is 88.9 cm³/mol. The Morgan fingerprint density at radius 3 is 2.64 bits per heavy atom. The Morgan fingerprint density at radius 1 is 1.16 bits per heavy atom. The van der Waals surface area contributed by atoms with Gasteiger partial charge < -0.3 is 15.5 Å². The van der Waals surface area contributed by atoms with Crippen LogP contribution in [0.5, 0.6) is 11.5 Å². The maximum atomic E-state index is 13.0. The van der Waals surface area contributed by atoms with E-state index in [4.69, 9.17) is 0 Å². The Morgan fingerprint density at radius 2 is 1.92 bits per heavy atom. The van der Waals surface area contributed by atoms with Gasteiger partial charge in [0, 0.05) is 11.1 Å². The summed E-state index contributed by atoms with van der Waals surface area (Å²) in [4.78, 5) is 23.5. The number of benzene rings is 2. The average molecular weight is 345 g/mol. The summed E-state index contributed by atoms with van der Waals surface area (Å²) in [6, 6.07) is 8.98. The molecule has 0 aliphatic carbocycles. The summed E-state index contributed by atoms with van der Waals surface area (Å²) in [6.07, 6.45) is 0. The predicted octanol–water partition coefficient (Wildman–Crippen LogP) is 1.51. The molecular formula is C17H16FN3O4. The van der Waals surface area contributed by atoms with Crippen LogP contribution >= 0.6 is 0 Å². The summed E-state index contributed by atoms with van der Waals surface area (Å²) >= 11 is 0. The van der Waals surface area contributed by atoms with Crippen LogP contribution in [-0.2, 0) is 4.79 Å². The molecule has 4 N–H and O–H groups in total. The first-order valence-electron chi connectivity index (χ1n) is 7.26. The van der Waals surface area contributed by atoms with Crippen LogP contribution in [0.15, 0.2) is 47.6 Å². The highest BCUT2D eigenvalue weighted by Gasteiger charge is 2.10. The lowest BCUT2D eigenvalue weighted by atomic mass is 10.1. The van der Waals surface area contributed by atoms with Crippen molar-refractivity contribution in [2.24, 2.45) is 5.10 Å². The van der Waals surface area contributed by atoms with Crippen LogP contribution in [0.1, 0.15) is 22.8 Å². The first-order chi connectivity index (χ1) is 11.9. The summed E-state index contributed by atoms with van der Waals surface area (Å²) in [7, 11) is 0. The summed E-state index contributed by atoms with van der Waals surface area (Å²) < 4.78 is 13.0. The number of nitrogens with zero attached hydrogens (tertiary/aromatic N) is 1. The Kier molecular flexibility index (Phi) is 5.67. The van der Waals surface area contributed by atoms with Crippen LogP contribution in [0.2, 0.25) is 0 Å². The lowest BCUT2D eigenvalue weighted by Gasteiger charge is -2.07. The van der Waals surface area contributed by atoms with Crippen LogP contribution < -0.4 is 10.7 Å². The van der Waals surface area contributed by atoms with Gasteiger partial charge in [-0.15, -0.1) is 0 Å². The fourth-order valence-electron chi connectivity index (χ4n) is 1.95. The molecule has 25 heavy (non-hydrogen) atoms. The molecule has 0 aliphatic heterocycles. The smallest absolute Gasteiger partial charge is 0.259 e. The minimum atomic E-state index is -0.608. The zero-order valence-electron chi connectivity index (χ0n) is 13.3. The summed E-state index contributed by atoms with van der Waals surface area (Å²) in [5.74, 6) is -1.92. The molecule has 2 amide bonds. The number of hydrazone groups is 1. The van der Waals surface area contributed by atoms with Gasteiger partial charge >= 0.3 is 0 Å². The molecule has 130 valence electrons. The maximum Gasteiger partial charge on any atom is 0.259 e. The minimum Gasteiger partial charge on any atom is -0.508 e. The van der Waals surface area contributed by atoms with E-state index in [1.165, 1.54) is 43.3 Å². The first-order valence-corrected chi connectivity index (χ1v) is 7.26. The molecule has 2 aromatic carbocycles. The molecule has 0 fully saturated rings. The third-order valence-corrected chi connectivity index (χ3v) is 3.21. The fourth-order valence-corrected chi connectivity index (χ4v) is 1.95. The van der Waals surface area contributed by atoms with E-state index in [0.29, 0.717) is 0 Å². The molecule has 0 saturated heterocycles. The topological polar surface area (TPSA) is 111 Å². The van der Waals surface area contributed by atoms with Gasteiger partial charge in [-0.25, -0.2) is 9.82 Å². The quantitative estimate of drug-likeness (QED) is 0.374. The lowest BCUT2D eigenvalue weighted by Crippen LogP contribution is -2.35. The molecule has 0 bridgehead atoms. The van der Waals surface area contributed by atoms with Crippen LogP contribution in [-0.4, -0.2) is 34.3 Å². The Bertz CT molecular complexity index is 836. The number of hydrogen-bond acceptors (Lipinski definition) is 5. The van der Waals surface area contributed by atoms with Crippen molar-refractivity contribution in [1.29, 1.82) is 0 Å². The number of phenolic OH excluding ortho intramolecular Hbond substituents is 2. The number of rotatable bonds is 5. The van der Waals surface area contributed by atoms with Crippen molar-refractivity contribution in [1.82, 2.24) is 10.7 Å². The van der Waals surface area contributed by atoms with Gasteiger partial charge in [-0.05, 0) is 43.3 Å². The molecule has 2 aromatic rings. The molecule has 0 aliphatic rings. The SMILES string of the molecule is C/C(=N\NC(=O)CNC(=O)c1cccc(F)c1)c1cc(O)ccc1O. The average Bonchev–Trinajstić information content (AvgIpc) is 2.59. The molecule has 8 heteroatoms. The fraction of sp³-hybridized carbons (Fsp3) is 0.118. The standard InChI is InChI=1S/C17H16FN3O4/c1-10(14-8-13(22)5-6-15(14)23)20-21-16(24)9-19-17(25)11-3-2-4-12(18)7-11/h2-8,22-23H,9H2,1H3,(H,19,25)(H,21,24)/b20-10+. The van der Waals surface area contributed by atoms with Crippen molar-refractivity contribution in [3.8, 4) is 11.5 Å². The highest BCUT2D eigenvalue weighted by Crippen LogP contribution is 2.22. The van der Waals surface area contributed by atoms with Gasteiger partial charge in [-0.1, -0.05) is 6.07 Å². The third-order valence-electron chi connectivity index (χ3n) is 3.21. The second-order valence-corrected chi connectivity index (χ2v) is 5.13. The number of phenols is 2. The van der Waals surface area contributed by atoms with Crippen LogP contribution in [0.25, 0.3) is 0 Å². The Hall–Kier alpha value is -3.42. The molecule has 0 unspecified atom stereocenters. The van der Waals surface area contributed by atoms with Crippen molar-refractivity contribution in [3.05, 3.63) is 59.4 Å². The first kappa shape index (κ1) is 17.9. The van der Waals surface area contributed by atoms with Crippen LogP contribution in [0, 0.1) is 5.82 Å². The monoisotopic (exact) mass is 345 g/mol. The van der Waals surface area contributed by atoms with Gasteiger partial charge in [-0.2, -0.15) is 5.10 Å². The molecule has 0 spiro atoms. The second kappa shape index (κ2) is 7.91. The summed E-state index contributed by atoms with van der Waals surface area (Å²) in [5, 5.41) is 25.2.